The molecule has 0 spiro atoms. The van der Waals surface area contributed by atoms with Crippen molar-refractivity contribution in [2.24, 2.45) is 9.98 Å². The van der Waals surface area contributed by atoms with Gasteiger partial charge in [0.05, 0.1) is 10.7 Å². The first kappa shape index (κ1) is 15.2. The van der Waals surface area contributed by atoms with E-state index in [1.54, 1.807) is 0 Å². The lowest BCUT2D eigenvalue weighted by Crippen LogP contribution is -2.19. The maximum absolute atomic E-state index is 4.78. The van der Waals surface area contributed by atoms with Crippen LogP contribution in [-0.2, 0) is 0 Å². The number of unbranched alkanes of at least 4 members (excludes halogenated alkanes) is 7. The van der Waals surface area contributed by atoms with E-state index in [9.17, 15) is 0 Å². The molecule has 2 heteroatoms. The second kappa shape index (κ2) is 7.56. The van der Waals surface area contributed by atoms with Gasteiger partial charge in [-0.05, 0) is 31.9 Å². The smallest absolute Gasteiger partial charge is 0.148 e. The normalized spacial score (nSPS) is 15.5. The molecule has 0 radical (unpaired) electrons. The summed E-state index contributed by atoms with van der Waals surface area (Å²) in [6.45, 7) is 4.43. The zero-order valence-electron chi connectivity index (χ0n) is 13.1. The van der Waals surface area contributed by atoms with Crippen LogP contribution in [0.2, 0.25) is 0 Å². The van der Waals surface area contributed by atoms with Gasteiger partial charge in [-0.15, -0.1) is 0 Å². The first-order chi connectivity index (χ1) is 9.73. The highest BCUT2D eigenvalue weighted by Gasteiger charge is 2.23. The molecule has 20 heavy (non-hydrogen) atoms. The van der Waals surface area contributed by atoms with Gasteiger partial charge in [-0.2, -0.15) is 0 Å². The first-order valence-electron chi connectivity index (χ1n) is 8.28. The Morgan fingerprint density at radius 2 is 1.30 bits per heavy atom. The lowest BCUT2D eigenvalue weighted by Gasteiger charge is -2.16. The van der Waals surface area contributed by atoms with Crippen molar-refractivity contribution in [3.05, 3.63) is 35.0 Å². The Morgan fingerprint density at radius 3 is 1.85 bits per heavy atom. The van der Waals surface area contributed by atoms with Gasteiger partial charge >= 0.3 is 0 Å². The average molecular weight is 272 g/mol. The van der Waals surface area contributed by atoms with Crippen LogP contribution in [0.25, 0.3) is 0 Å². The van der Waals surface area contributed by atoms with Gasteiger partial charge in [-0.1, -0.05) is 64.0 Å². The van der Waals surface area contributed by atoms with Gasteiger partial charge in [0.15, 0.2) is 0 Å². The van der Waals surface area contributed by atoms with Crippen molar-refractivity contribution in [3.63, 3.8) is 0 Å². The Morgan fingerprint density at radius 1 is 0.800 bits per heavy atom. The summed E-state index contributed by atoms with van der Waals surface area (Å²) in [5.74, 6) is 0. The van der Waals surface area contributed by atoms with Crippen LogP contribution >= 0.6 is 0 Å². The Balaban J connectivity index is 1.67. The van der Waals surface area contributed by atoms with Crippen molar-refractivity contribution >= 4 is 0 Å². The fraction of sp³-hybridized carbons (Fsp3) is 0.667. The summed E-state index contributed by atoms with van der Waals surface area (Å²) in [7, 11) is 0. The molecule has 0 saturated carbocycles. The lowest BCUT2D eigenvalue weighted by molar-refractivity contribution is 0.423. The molecule has 0 fully saturated rings. The summed E-state index contributed by atoms with van der Waals surface area (Å²) in [5.41, 5.74) is -0.202. The Labute approximate surface area is 123 Å². The monoisotopic (exact) mass is 272 g/mol. The third kappa shape index (κ3) is 4.43. The van der Waals surface area contributed by atoms with Crippen molar-refractivity contribution in [2.75, 3.05) is 0 Å². The number of rotatable bonds is 9. The van der Waals surface area contributed by atoms with Crippen LogP contribution in [0.4, 0.5) is 0 Å². The molecule has 0 amide bonds. The Bertz CT molecular complexity index is 483. The highest BCUT2D eigenvalue weighted by molar-refractivity contribution is 5.06. The summed E-state index contributed by atoms with van der Waals surface area (Å²) in [6.07, 6.45) is 12.0. The van der Waals surface area contributed by atoms with Crippen molar-refractivity contribution in [1.29, 1.82) is 0 Å². The van der Waals surface area contributed by atoms with E-state index < -0.39 is 0 Å². The molecular formula is C18H28N2. The molecule has 2 rings (SSSR count). The third-order valence-electron chi connectivity index (χ3n) is 4.11. The highest BCUT2D eigenvalue weighted by Crippen LogP contribution is 2.22. The van der Waals surface area contributed by atoms with Gasteiger partial charge < -0.3 is 0 Å². The van der Waals surface area contributed by atoms with Crippen molar-refractivity contribution in [1.82, 2.24) is 0 Å². The van der Waals surface area contributed by atoms with Crippen molar-refractivity contribution in [2.45, 2.75) is 77.3 Å². The molecule has 0 aromatic heterocycles. The molecule has 1 aromatic carbocycles. The second-order valence-corrected chi connectivity index (χ2v) is 6.15. The average Bonchev–Trinajstić information content (AvgIpc) is 2.78. The minimum atomic E-state index is -0.202. The number of fused-ring (bicyclic) bond motifs is 1. The van der Waals surface area contributed by atoms with E-state index >= 15 is 0 Å². The molecule has 0 aliphatic carbocycles. The molecule has 1 aromatic rings. The molecule has 0 atom stereocenters. The third-order valence-corrected chi connectivity index (χ3v) is 4.11. The Kier molecular flexibility index (Phi) is 5.75. The number of hydrogen-bond acceptors (Lipinski definition) is 2. The number of benzene rings is 1. The summed E-state index contributed by atoms with van der Waals surface area (Å²) in [4.78, 5) is 9.55. The zero-order chi connectivity index (χ0) is 14.3. The molecule has 1 aliphatic heterocycles. The summed E-state index contributed by atoms with van der Waals surface area (Å²) in [6, 6.07) is 8.22. The Hall–Kier alpha value is -1.18. The fourth-order valence-electron chi connectivity index (χ4n) is 2.90. The number of nitrogens with zero attached hydrogens (tertiary/aromatic N) is 2. The standard InChI is InChI=1S/C18H28N2/c1-3-4-5-6-7-8-9-12-15-18(2)19-16-13-10-11-14-17(16)20-18/h10-11,13-14H,3-9,12,15H2,1-2H3. The maximum atomic E-state index is 4.78. The van der Waals surface area contributed by atoms with Crippen LogP contribution < -0.4 is 10.7 Å². The van der Waals surface area contributed by atoms with E-state index in [-0.39, 0.29) is 5.66 Å². The summed E-state index contributed by atoms with van der Waals surface area (Å²) >= 11 is 0. The van der Waals surface area contributed by atoms with E-state index in [1.807, 2.05) is 12.1 Å². The SMILES string of the molecule is CCCCCCCCCCC1(C)N=c2ccccc2=N1. The molecule has 1 heterocycles. The maximum Gasteiger partial charge on any atom is 0.148 e. The molecule has 0 bridgehead atoms. The van der Waals surface area contributed by atoms with Gasteiger partial charge in [0.2, 0.25) is 0 Å². The molecule has 0 unspecified atom stereocenters. The van der Waals surface area contributed by atoms with E-state index in [2.05, 4.69) is 26.0 Å². The van der Waals surface area contributed by atoms with Crippen molar-refractivity contribution in [3.8, 4) is 0 Å². The summed E-state index contributed by atoms with van der Waals surface area (Å²) in [5, 5.41) is 2.13. The van der Waals surface area contributed by atoms with Crippen molar-refractivity contribution < 1.29 is 0 Å². The van der Waals surface area contributed by atoms with E-state index in [4.69, 9.17) is 9.98 Å². The van der Waals surface area contributed by atoms with E-state index in [1.165, 1.54) is 51.4 Å². The molecule has 1 aliphatic rings. The molecular weight excluding hydrogens is 244 g/mol. The van der Waals surface area contributed by atoms with Crippen LogP contribution in [0, 0.1) is 0 Å². The molecule has 2 nitrogen and oxygen atoms in total. The van der Waals surface area contributed by atoms with Crippen LogP contribution in [0.3, 0.4) is 0 Å². The van der Waals surface area contributed by atoms with Crippen LogP contribution in [0.15, 0.2) is 34.3 Å². The van der Waals surface area contributed by atoms with Crippen LogP contribution in [0.1, 0.15) is 71.6 Å². The topological polar surface area (TPSA) is 24.7 Å². The molecule has 110 valence electrons. The number of para-hydroxylation sites is 2. The molecule has 0 N–H and O–H groups in total. The van der Waals surface area contributed by atoms with E-state index in [0.29, 0.717) is 0 Å². The predicted octanol–water partition coefficient (Wildman–Crippen LogP) is 4.19. The first-order valence-corrected chi connectivity index (χ1v) is 8.28. The van der Waals surface area contributed by atoms with Gasteiger partial charge in [0.25, 0.3) is 0 Å². The minimum absolute atomic E-state index is 0.202. The van der Waals surface area contributed by atoms with E-state index in [0.717, 1.165) is 17.1 Å². The highest BCUT2D eigenvalue weighted by atomic mass is 15.1. The van der Waals surface area contributed by atoms with Gasteiger partial charge in [-0.3, -0.25) is 9.98 Å². The quantitative estimate of drug-likeness (QED) is 0.602. The van der Waals surface area contributed by atoms with Crippen LogP contribution in [0.5, 0.6) is 0 Å². The van der Waals surface area contributed by atoms with Gasteiger partial charge in [-0.25, -0.2) is 0 Å². The van der Waals surface area contributed by atoms with Gasteiger partial charge in [0.1, 0.15) is 5.66 Å². The largest absolute Gasteiger partial charge is 0.254 e. The zero-order valence-corrected chi connectivity index (χ0v) is 13.1. The predicted molar refractivity (Wildman–Crippen MR) is 84.4 cm³/mol. The van der Waals surface area contributed by atoms with Crippen LogP contribution in [-0.4, -0.2) is 5.66 Å². The lowest BCUT2D eigenvalue weighted by atomic mass is 10.0. The van der Waals surface area contributed by atoms with Gasteiger partial charge in [0, 0.05) is 0 Å². The fourth-order valence-corrected chi connectivity index (χ4v) is 2.90. The minimum Gasteiger partial charge on any atom is -0.254 e. The second-order valence-electron chi connectivity index (χ2n) is 6.15. The number of hydrogen-bond donors (Lipinski definition) is 0. The molecule has 0 saturated heterocycles. The summed E-state index contributed by atoms with van der Waals surface area (Å²) < 4.78 is 0.